The van der Waals surface area contributed by atoms with Gasteiger partial charge in [-0.25, -0.2) is 4.98 Å². The zero-order valence-electron chi connectivity index (χ0n) is 13.7. The van der Waals surface area contributed by atoms with Crippen molar-refractivity contribution >= 4 is 23.1 Å². The van der Waals surface area contributed by atoms with E-state index in [1.807, 2.05) is 31.2 Å². The zero-order chi connectivity index (χ0) is 16.8. The van der Waals surface area contributed by atoms with Gasteiger partial charge in [-0.15, -0.1) is 21.5 Å². The van der Waals surface area contributed by atoms with Crippen LogP contribution in [0.2, 0.25) is 0 Å². The summed E-state index contributed by atoms with van der Waals surface area (Å²) in [5.74, 6) is 2.01. The van der Waals surface area contributed by atoms with Crippen molar-refractivity contribution in [3.63, 3.8) is 0 Å². The third kappa shape index (κ3) is 4.82. The second-order valence-electron chi connectivity index (χ2n) is 5.34. The lowest BCUT2D eigenvalue weighted by molar-refractivity contribution is 0.252. The van der Waals surface area contributed by atoms with Crippen molar-refractivity contribution in [1.29, 1.82) is 0 Å². The molecule has 5 nitrogen and oxygen atoms in total. The molecule has 0 spiro atoms. The number of rotatable bonds is 8. The van der Waals surface area contributed by atoms with Crippen molar-refractivity contribution in [2.45, 2.75) is 44.3 Å². The van der Waals surface area contributed by atoms with E-state index in [0.29, 0.717) is 11.1 Å². The topological polar surface area (TPSA) is 61.0 Å². The van der Waals surface area contributed by atoms with Crippen LogP contribution >= 0.6 is 23.1 Å². The fourth-order valence-corrected chi connectivity index (χ4v) is 3.76. The summed E-state index contributed by atoms with van der Waals surface area (Å²) in [6.07, 6.45) is 2.16. The molecule has 1 aromatic carbocycles. The highest BCUT2D eigenvalue weighted by atomic mass is 32.2. The predicted molar refractivity (Wildman–Crippen MR) is 95.5 cm³/mol. The summed E-state index contributed by atoms with van der Waals surface area (Å²) in [5, 5.41) is 11.9. The van der Waals surface area contributed by atoms with Gasteiger partial charge in [-0.2, -0.15) is 0 Å². The smallest absolute Gasteiger partial charge is 0.277 e. The van der Waals surface area contributed by atoms with Crippen LogP contribution < -0.4 is 4.74 Å². The van der Waals surface area contributed by atoms with Crippen molar-refractivity contribution < 1.29 is 9.15 Å². The summed E-state index contributed by atoms with van der Waals surface area (Å²) < 4.78 is 11.3. The van der Waals surface area contributed by atoms with Gasteiger partial charge in [0, 0.05) is 11.1 Å². The van der Waals surface area contributed by atoms with Gasteiger partial charge in [0.15, 0.2) is 6.61 Å². The van der Waals surface area contributed by atoms with Crippen LogP contribution in [-0.2, 0) is 18.8 Å². The summed E-state index contributed by atoms with van der Waals surface area (Å²) in [7, 11) is 0. The first-order chi connectivity index (χ1) is 11.7. The molecule has 0 aliphatic rings. The summed E-state index contributed by atoms with van der Waals surface area (Å²) in [5.41, 5.74) is 2.21. The first-order valence-corrected chi connectivity index (χ1v) is 9.67. The summed E-state index contributed by atoms with van der Waals surface area (Å²) in [6.45, 7) is 4.46. The Morgan fingerprint density at radius 3 is 3.04 bits per heavy atom. The highest BCUT2D eigenvalue weighted by Crippen LogP contribution is 2.23. The van der Waals surface area contributed by atoms with Gasteiger partial charge in [-0.1, -0.05) is 30.8 Å². The molecular weight excluding hydrogens is 342 g/mol. The van der Waals surface area contributed by atoms with E-state index in [1.54, 1.807) is 11.3 Å². The zero-order valence-corrected chi connectivity index (χ0v) is 15.3. The molecular formula is C17H19N3O2S2. The van der Waals surface area contributed by atoms with Gasteiger partial charge in [0.25, 0.3) is 11.1 Å². The Kier molecular flexibility index (Phi) is 5.87. The number of benzene rings is 1. The van der Waals surface area contributed by atoms with E-state index >= 15 is 0 Å². The van der Waals surface area contributed by atoms with Crippen molar-refractivity contribution in [1.82, 2.24) is 15.2 Å². The van der Waals surface area contributed by atoms with Crippen molar-refractivity contribution in [3.8, 4) is 5.75 Å². The van der Waals surface area contributed by atoms with Crippen molar-refractivity contribution in [3.05, 3.63) is 51.8 Å². The Labute approximate surface area is 149 Å². The molecule has 0 aliphatic heterocycles. The highest BCUT2D eigenvalue weighted by Gasteiger charge is 2.09. The van der Waals surface area contributed by atoms with Crippen LogP contribution in [0.5, 0.6) is 5.75 Å². The molecule has 0 unspecified atom stereocenters. The molecule has 3 rings (SSSR count). The third-order valence-corrected chi connectivity index (χ3v) is 5.02. The molecule has 24 heavy (non-hydrogen) atoms. The first kappa shape index (κ1) is 17.0. The summed E-state index contributed by atoms with van der Waals surface area (Å²) in [4.78, 5) is 4.59. The molecule has 2 heterocycles. The van der Waals surface area contributed by atoms with E-state index in [2.05, 4.69) is 27.5 Å². The van der Waals surface area contributed by atoms with Gasteiger partial charge in [-0.3, -0.25) is 0 Å². The van der Waals surface area contributed by atoms with Crippen LogP contribution in [0.4, 0.5) is 0 Å². The van der Waals surface area contributed by atoms with E-state index in [4.69, 9.17) is 9.15 Å². The lowest BCUT2D eigenvalue weighted by Crippen LogP contribution is -1.95. The Morgan fingerprint density at radius 2 is 2.21 bits per heavy atom. The van der Waals surface area contributed by atoms with E-state index in [-0.39, 0.29) is 6.61 Å². The Morgan fingerprint density at radius 1 is 1.29 bits per heavy atom. The molecule has 0 amide bonds. The largest absolute Gasteiger partial charge is 0.484 e. The van der Waals surface area contributed by atoms with Gasteiger partial charge in [0.2, 0.25) is 0 Å². The fraction of sp³-hybridized carbons (Fsp3) is 0.353. The highest BCUT2D eigenvalue weighted by molar-refractivity contribution is 7.98. The van der Waals surface area contributed by atoms with Gasteiger partial charge >= 0.3 is 0 Å². The van der Waals surface area contributed by atoms with Gasteiger partial charge < -0.3 is 9.15 Å². The second kappa shape index (κ2) is 8.30. The summed E-state index contributed by atoms with van der Waals surface area (Å²) >= 11 is 3.21. The average molecular weight is 361 g/mol. The molecule has 0 saturated carbocycles. The first-order valence-electron chi connectivity index (χ1n) is 7.81. The number of hydrogen-bond acceptors (Lipinski definition) is 7. The minimum atomic E-state index is 0.272. The number of aryl methyl sites for hydroxylation is 2. The normalized spacial score (nSPS) is 10.9. The molecule has 7 heteroatoms. The number of thioether (sulfide) groups is 1. The molecule has 3 aromatic rings. The van der Waals surface area contributed by atoms with E-state index in [1.165, 1.54) is 16.8 Å². The maximum Gasteiger partial charge on any atom is 0.277 e. The quantitative estimate of drug-likeness (QED) is 0.544. The van der Waals surface area contributed by atoms with Gasteiger partial charge in [0.05, 0.1) is 10.7 Å². The lowest BCUT2D eigenvalue weighted by Gasteiger charge is -2.03. The van der Waals surface area contributed by atoms with Crippen LogP contribution in [0.1, 0.15) is 35.5 Å². The molecule has 0 radical (unpaired) electrons. The molecule has 0 aliphatic carbocycles. The van der Waals surface area contributed by atoms with Crippen LogP contribution in [0.3, 0.4) is 0 Å². The number of thiazole rings is 1. The maximum atomic E-state index is 5.66. The van der Waals surface area contributed by atoms with Crippen LogP contribution in [0, 0.1) is 6.92 Å². The number of ether oxygens (including phenoxy) is 1. The molecule has 126 valence electrons. The number of hydrogen-bond donors (Lipinski definition) is 0. The van der Waals surface area contributed by atoms with Crippen LogP contribution in [0.15, 0.2) is 39.3 Å². The Hall–Kier alpha value is -1.86. The lowest BCUT2D eigenvalue weighted by atomic mass is 10.2. The van der Waals surface area contributed by atoms with Crippen LogP contribution in [-0.4, -0.2) is 15.2 Å². The fourth-order valence-electron chi connectivity index (χ4n) is 2.08. The second-order valence-corrected chi connectivity index (χ2v) is 7.21. The standard InChI is InChI=1S/C17H19N3O2S2/c1-3-5-16-18-13(10-23-16)11-24-17-20-19-15(22-17)9-21-14-7-4-6-12(2)8-14/h4,6-8,10H,3,5,9,11H2,1-2H3. The van der Waals surface area contributed by atoms with Gasteiger partial charge in [0.1, 0.15) is 5.75 Å². The molecule has 0 fully saturated rings. The summed E-state index contributed by atoms with van der Waals surface area (Å²) in [6, 6.07) is 7.87. The number of aromatic nitrogens is 3. The predicted octanol–water partition coefficient (Wildman–Crippen LogP) is 4.66. The minimum absolute atomic E-state index is 0.272. The Balaban J connectivity index is 1.49. The molecule has 0 bridgehead atoms. The molecule has 0 saturated heterocycles. The SMILES string of the molecule is CCCc1nc(CSc2nnc(COc3cccc(C)c3)o2)cs1. The minimum Gasteiger partial charge on any atom is -0.484 e. The monoisotopic (exact) mass is 361 g/mol. The van der Waals surface area contributed by atoms with Gasteiger partial charge in [-0.05, 0) is 37.5 Å². The third-order valence-electron chi connectivity index (χ3n) is 3.21. The van der Waals surface area contributed by atoms with E-state index in [0.717, 1.165) is 35.6 Å². The van der Waals surface area contributed by atoms with E-state index < -0.39 is 0 Å². The van der Waals surface area contributed by atoms with Crippen molar-refractivity contribution in [2.75, 3.05) is 0 Å². The molecule has 0 atom stereocenters. The molecule has 2 aromatic heterocycles. The number of nitrogens with zero attached hydrogens (tertiary/aromatic N) is 3. The van der Waals surface area contributed by atoms with Crippen molar-refractivity contribution in [2.24, 2.45) is 0 Å². The molecule has 0 N–H and O–H groups in total. The van der Waals surface area contributed by atoms with E-state index in [9.17, 15) is 0 Å². The van der Waals surface area contributed by atoms with Crippen LogP contribution in [0.25, 0.3) is 0 Å². The average Bonchev–Trinajstić information content (AvgIpc) is 3.21. The Bertz CT molecular complexity index is 786. The maximum absolute atomic E-state index is 5.66.